The molecular weight excluding hydrogens is 252 g/mol. The predicted molar refractivity (Wildman–Crippen MR) is 78.3 cm³/mol. The third kappa shape index (κ3) is 2.43. The van der Waals surface area contributed by atoms with E-state index in [4.69, 9.17) is 0 Å². The summed E-state index contributed by atoms with van der Waals surface area (Å²) in [5.74, 6) is 0.191. The average Bonchev–Trinajstić information content (AvgIpc) is 2.91. The first kappa shape index (κ1) is 13.2. The minimum atomic E-state index is 0.0292. The molecule has 1 fully saturated rings. The van der Waals surface area contributed by atoms with Gasteiger partial charge in [-0.3, -0.25) is 4.79 Å². The Morgan fingerprint density at radius 3 is 2.70 bits per heavy atom. The van der Waals surface area contributed by atoms with E-state index in [9.17, 15) is 9.90 Å². The summed E-state index contributed by atoms with van der Waals surface area (Å²) in [6, 6.07) is 7.82. The molecule has 0 aliphatic carbocycles. The van der Waals surface area contributed by atoms with Crippen molar-refractivity contribution in [1.82, 2.24) is 9.47 Å². The highest BCUT2D eigenvalue weighted by Crippen LogP contribution is 2.21. The molecule has 1 amide bonds. The van der Waals surface area contributed by atoms with Crippen molar-refractivity contribution in [2.45, 2.75) is 32.4 Å². The molecule has 1 aromatic heterocycles. The van der Waals surface area contributed by atoms with E-state index in [1.807, 2.05) is 39.9 Å². The van der Waals surface area contributed by atoms with Gasteiger partial charge in [-0.15, -0.1) is 0 Å². The number of rotatable bonds is 3. The SMILES string of the molecule is O=C(Cn1ccc2c(CO)cccc21)N1CCCCC1. The molecule has 4 heteroatoms. The average molecular weight is 272 g/mol. The Labute approximate surface area is 118 Å². The van der Waals surface area contributed by atoms with Gasteiger partial charge in [0.15, 0.2) is 0 Å². The van der Waals surface area contributed by atoms with Crippen molar-refractivity contribution in [3.63, 3.8) is 0 Å². The third-order valence-electron chi connectivity index (χ3n) is 4.09. The van der Waals surface area contributed by atoms with E-state index < -0.39 is 0 Å². The maximum Gasteiger partial charge on any atom is 0.242 e. The number of nitrogens with zero attached hydrogens (tertiary/aromatic N) is 2. The molecule has 4 nitrogen and oxygen atoms in total. The zero-order chi connectivity index (χ0) is 13.9. The van der Waals surface area contributed by atoms with E-state index in [0.29, 0.717) is 6.54 Å². The number of carbonyl (C=O) groups excluding carboxylic acids is 1. The maximum atomic E-state index is 12.3. The van der Waals surface area contributed by atoms with Crippen LogP contribution in [-0.2, 0) is 17.9 Å². The second-order valence-electron chi connectivity index (χ2n) is 5.39. The minimum Gasteiger partial charge on any atom is -0.392 e. The Morgan fingerprint density at radius 2 is 1.95 bits per heavy atom. The van der Waals surface area contributed by atoms with Crippen LogP contribution >= 0.6 is 0 Å². The monoisotopic (exact) mass is 272 g/mol. The van der Waals surface area contributed by atoms with Crippen molar-refractivity contribution in [2.75, 3.05) is 13.1 Å². The zero-order valence-electron chi connectivity index (χ0n) is 11.6. The molecule has 0 spiro atoms. The summed E-state index contributed by atoms with van der Waals surface area (Å²) in [5, 5.41) is 10.4. The molecule has 3 rings (SSSR count). The van der Waals surface area contributed by atoms with Crippen molar-refractivity contribution in [3.8, 4) is 0 Å². The number of carbonyl (C=O) groups is 1. The molecule has 0 bridgehead atoms. The fourth-order valence-corrected chi connectivity index (χ4v) is 2.95. The molecule has 1 saturated heterocycles. The summed E-state index contributed by atoms with van der Waals surface area (Å²) in [6.45, 7) is 2.19. The molecule has 2 aromatic rings. The smallest absolute Gasteiger partial charge is 0.242 e. The van der Waals surface area contributed by atoms with Gasteiger partial charge in [-0.2, -0.15) is 0 Å². The van der Waals surface area contributed by atoms with Crippen molar-refractivity contribution < 1.29 is 9.90 Å². The van der Waals surface area contributed by atoms with Crippen LogP contribution in [0.3, 0.4) is 0 Å². The van der Waals surface area contributed by atoms with Crippen molar-refractivity contribution in [1.29, 1.82) is 0 Å². The Hall–Kier alpha value is -1.81. The van der Waals surface area contributed by atoms with E-state index in [2.05, 4.69) is 0 Å². The zero-order valence-corrected chi connectivity index (χ0v) is 11.6. The molecule has 1 aromatic carbocycles. The molecule has 0 atom stereocenters. The van der Waals surface area contributed by atoms with E-state index in [0.717, 1.165) is 42.4 Å². The molecule has 20 heavy (non-hydrogen) atoms. The normalized spacial score (nSPS) is 15.8. The van der Waals surface area contributed by atoms with Crippen LogP contribution in [0.1, 0.15) is 24.8 Å². The van der Waals surface area contributed by atoms with Gasteiger partial charge in [0.05, 0.1) is 6.61 Å². The number of aliphatic hydroxyl groups excluding tert-OH is 1. The highest BCUT2D eigenvalue weighted by Gasteiger charge is 2.17. The van der Waals surface area contributed by atoms with Crippen LogP contribution in [0, 0.1) is 0 Å². The van der Waals surface area contributed by atoms with Crippen LogP contribution in [0.4, 0.5) is 0 Å². The molecule has 1 aliphatic heterocycles. The highest BCUT2D eigenvalue weighted by molar-refractivity contribution is 5.85. The van der Waals surface area contributed by atoms with Crippen LogP contribution < -0.4 is 0 Å². The van der Waals surface area contributed by atoms with Gasteiger partial charge in [0.25, 0.3) is 0 Å². The largest absolute Gasteiger partial charge is 0.392 e. The molecule has 2 heterocycles. The van der Waals surface area contributed by atoms with Gasteiger partial charge in [-0.05, 0) is 37.0 Å². The first-order valence-electron chi connectivity index (χ1n) is 7.25. The lowest BCUT2D eigenvalue weighted by Crippen LogP contribution is -2.37. The van der Waals surface area contributed by atoms with Crippen LogP contribution in [0.25, 0.3) is 10.9 Å². The molecule has 106 valence electrons. The number of fused-ring (bicyclic) bond motifs is 1. The number of hydrogen-bond acceptors (Lipinski definition) is 2. The quantitative estimate of drug-likeness (QED) is 0.930. The second-order valence-corrected chi connectivity index (χ2v) is 5.39. The van der Waals surface area contributed by atoms with E-state index in [1.165, 1.54) is 6.42 Å². The first-order valence-corrected chi connectivity index (χ1v) is 7.25. The molecular formula is C16H20N2O2. The van der Waals surface area contributed by atoms with Crippen LogP contribution in [0.2, 0.25) is 0 Å². The first-order chi connectivity index (χ1) is 9.79. The van der Waals surface area contributed by atoms with Gasteiger partial charge in [0.1, 0.15) is 6.54 Å². The fourth-order valence-electron chi connectivity index (χ4n) is 2.95. The third-order valence-corrected chi connectivity index (χ3v) is 4.09. The molecule has 0 unspecified atom stereocenters. The number of piperidine rings is 1. The number of aliphatic hydroxyl groups is 1. The number of benzene rings is 1. The molecule has 1 N–H and O–H groups in total. The van der Waals surface area contributed by atoms with Gasteiger partial charge in [0.2, 0.25) is 5.91 Å². The fraction of sp³-hybridized carbons (Fsp3) is 0.438. The van der Waals surface area contributed by atoms with Crippen LogP contribution in [0.5, 0.6) is 0 Å². The van der Waals surface area contributed by atoms with E-state index in [1.54, 1.807) is 0 Å². The van der Waals surface area contributed by atoms with Gasteiger partial charge < -0.3 is 14.6 Å². The Balaban J connectivity index is 1.82. The van der Waals surface area contributed by atoms with E-state index >= 15 is 0 Å². The van der Waals surface area contributed by atoms with Crippen molar-refractivity contribution in [2.24, 2.45) is 0 Å². The predicted octanol–water partition coefficient (Wildman–Crippen LogP) is 2.15. The number of likely N-dealkylation sites (tertiary alicyclic amines) is 1. The number of hydrogen-bond donors (Lipinski definition) is 1. The Morgan fingerprint density at radius 1 is 1.15 bits per heavy atom. The lowest BCUT2D eigenvalue weighted by Gasteiger charge is -2.27. The summed E-state index contributed by atoms with van der Waals surface area (Å²) in [6.07, 6.45) is 5.40. The maximum absolute atomic E-state index is 12.3. The number of aromatic nitrogens is 1. The summed E-state index contributed by atoms with van der Waals surface area (Å²) in [5.41, 5.74) is 1.92. The molecule has 1 aliphatic rings. The molecule has 0 radical (unpaired) electrons. The molecule has 0 saturated carbocycles. The second kappa shape index (κ2) is 5.67. The van der Waals surface area contributed by atoms with Crippen molar-refractivity contribution >= 4 is 16.8 Å². The lowest BCUT2D eigenvalue weighted by molar-refractivity contribution is -0.132. The van der Waals surface area contributed by atoms with Gasteiger partial charge in [0, 0.05) is 30.2 Å². The van der Waals surface area contributed by atoms with Crippen LogP contribution in [-0.4, -0.2) is 33.6 Å². The van der Waals surface area contributed by atoms with Crippen LogP contribution in [0.15, 0.2) is 30.5 Å². The minimum absolute atomic E-state index is 0.0292. The summed E-state index contributed by atoms with van der Waals surface area (Å²) < 4.78 is 1.98. The van der Waals surface area contributed by atoms with Gasteiger partial charge >= 0.3 is 0 Å². The van der Waals surface area contributed by atoms with Gasteiger partial charge in [-0.25, -0.2) is 0 Å². The standard InChI is InChI=1S/C16H20N2O2/c19-12-13-5-4-6-15-14(13)7-10-18(15)11-16(20)17-8-2-1-3-9-17/h4-7,10,19H,1-3,8-9,11-12H2. The van der Waals surface area contributed by atoms with Crippen molar-refractivity contribution in [3.05, 3.63) is 36.0 Å². The Bertz CT molecular complexity index is 612. The Kier molecular flexibility index (Phi) is 3.74. The topological polar surface area (TPSA) is 45.5 Å². The summed E-state index contributed by atoms with van der Waals surface area (Å²) >= 11 is 0. The highest BCUT2D eigenvalue weighted by atomic mass is 16.3. The number of amides is 1. The van der Waals surface area contributed by atoms with Gasteiger partial charge in [-0.1, -0.05) is 12.1 Å². The van der Waals surface area contributed by atoms with E-state index in [-0.39, 0.29) is 12.5 Å². The lowest BCUT2D eigenvalue weighted by atomic mass is 10.1. The summed E-state index contributed by atoms with van der Waals surface area (Å²) in [7, 11) is 0. The summed E-state index contributed by atoms with van der Waals surface area (Å²) in [4.78, 5) is 14.3.